The fraction of sp³-hybridized carbons (Fsp3) is 0.435. The predicted molar refractivity (Wildman–Crippen MR) is 116 cm³/mol. The Balaban J connectivity index is 1.31. The Morgan fingerprint density at radius 3 is 2.34 bits per heavy atom. The van der Waals surface area contributed by atoms with Crippen molar-refractivity contribution in [1.82, 2.24) is 9.80 Å². The second-order valence-electron chi connectivity index (χ2n) is 8.24. The van der Waals surface area contributed by atoms with E-state index in [-0.39, 0.29) is 5.91 Å². The molecule has 4 rings (SSSR count). The van der Waals surface area contributed by atoms with E-state index in [2.05, 4.69) is 35.6 Å². The number of aryl methyl sites for hydroxylation is 1. The van der Waals surface area contributed by atoms with Crippen LogP contribution in [0, 0.1) is 32.1 Å². The Morgan fingerprint density at radius 1 is 1.10 bits per heavy atom. The van der Waals surface area contributed by atoms with Gasteiger partial charge in [0.1, 0.15) is 0 Å². The van der Waals surface area contributed by atoms with Crippen molar-refractivity contribution < 1.29 is 9.59 Å². The molecule has 2 amide bonds. The summed E-state index contributed by atoms with van der Waals surface area (Å²) in [5, 5.41) is 0. The average Bonchev–Trinajstić information content (AvgIpc) is 3.33. The molecule has 2 atom stereocenters. The Bertz CT molecular complexity index is 894. The van der Waals surface area contributed by atoms with Gasteiger partial charge in [0, 0.05) is 31.1 Å². The van der Waals surface area contributed by atoms with Gasteiger partial charge in [-0.2, -0.15) is 0 Å². The molecule has 2 N–H and O–H groups in total. The minimum Gasteiger partial charge on any atom is -0.365 e. The highest BCUT2D eigenvalue weighted by Gasteiger charge is 2.42. The molecule has 2 aliphatic rings. The molecule has 1 aromatic carbocycles. The number of thiophene rings is 1. The van der Waals surface area contributed by atoms with Crippen LogP contribution >= 0.6 is 11.3 Å². The van der Waals surface area contributed by atoms with Crippen molar-refractivity contribution in [2.45, 2.75) is 20.3 Å². The van der Waals surface area contributed by atoms with E-state index in [0.29, 0.717) is 22.3 Å². The first-order valence-corrected chi connectivity index (χ1v) is 11.1. The Labute approximate surface area is 176 Å². The molecule has 0 bridgehead atoms. The van der Waals surface area contributed by atoms with Gasteiger partial charge in [0.15, 0.2) is 0 Å². The maximum absolute atomic E-state index is 13.1. The first kappa shape index (κ1) is 20.1. The van der Waals surface area contributed by atoms with Crippen LogP contribution in [0.3, 0.4) is 0 Å². The molecule has 0 aliphatic carbocycles. The standard InChI is InChI=1S/C23H28N3O2S/c1-15-20(16(2)29-21(15)22(24)27)23(28)26-13-18-11-25(12-19(18)14-26)10-6-9-17-7-4-3-5-8-17/h3-5,7-9,18-19H,6,10-14H2,1-2H3,(H2,24,27)/t18-,19?/m0/s1. The van der Waals surface area contributed by atoms with Crippen molar-refractivity contribution in [3.8, 4) is 0 Å². The van der Waals surface area contributed by atoms with Crippen molar-refractivity contribution in [2.75, 3.05) is 32.7 Å². The smallest absolute Gasteiger partial charge is 0.259 e. The van der Waals surface area contributed by atoms with E-state index in [0.717, 1.165) is 49.6 Å². The number of likely N-dealkylation sites (tertiary alicyclic amines) is 2. The number of fused-ring (bicyclic) bond motifs is 1. The molecule has 0 saturated carbocycles. The van der Waals surface area contributed by atoms with Gasteiger partial charge in [0.05, 0.1) is 10.4 Å². The fourth-order valence-electron chi connectivity index (χ4n) is 4.80. The number of primary amides is 1. The van der Waals surface area contributed by atoms with Gasteiger partial charge in [-0.05, 0) is 56.2 Å². The summed E-state index contributed by atoms with van der Waals surface area (Å²) in [4.78, 5) is 30.6. The molecule has 3 heterocycles. The first-order valence-electron chi connectivity index (χ1n) is 10.2. The Kier molecular flexibility index (Phi) is 5.74. The molecular formula is C23H28N3O2S. The molecule has 29 heavy (non-hydrogen) atoms. The third-order valence-corrected chi connectivity index (χ3v) is 7.46. The fourth-order valence-corrected chi connectivity index (χ4v) is 5.81. The van der Waals surface area contributed by atoms with Crippen LogP contribution in [0.4, 0.5) is 0 Å². The van der Waals surface area contributed by atoms with Crippen LogP contribution in [0.25, 0.3) is 0 Å². The zero-order valence-electron chi connectivity index (χ0n) is 17.1. The zero-order chi connectivity index (χ0) is 20.5. The molecule has 1 aromatic heterocycles. The van der Waals surface area contributed by atoms with Gasteiger partial charge < -0.3 is 15.5 Å². The highest BCUT2D eigenvalue weighted by atomic mass is 32.1. The van der Waals surface area contributed by atoms with Crippen molar-refractivity contribution >= 4 is 23.2 Å². The quantitative estimate of drug-likeness (QED) is 0.796. The molecule has 2 aliphatic heterocycles. The van der Waals surface area contributed by atoms with E-state index in [9.17, 15) is 9.59 Å². The number of hydrogen-bond donors (Lipinski definition) is 1. The average molecular weight is 411 g/mol. The third kappa shape index (κ3) is 4.09. The summed E-state index contributed by atoms with van der Waals surface area (Å²) in [6, 6.07) is 10.5. The molecule has 1 radical (unpaired) electrons. The summed E-state index contributed by atoms with van der Waals surface area (Å²) in [5.41, 5.74) is 8.15. The van der Waals surface area contributed by atoms with Crippen LogP contribution in [-0.2, 0) is 0 Å². The van der Waals surface area contributed by atoms with Crippen LogP contribution in [0.15, 0.2) is 30.3 Å². The van der Waals surface area contributed by atoms with Gasteiger partial charge in [-0.3, -0.25) is 9.59 Å². The summed E-state index contributed by atoms with van der Waals surface area (Å²) >= 11 is 1.33. The minimum atomic E-state index is -0.448. The first-order chi connectivity index (χ1) is 13.9. The van der Waals surface area contributed by atoms with Crippen LogP contribution in [0.5, 0.6) is 0 Å². The number of rotatable bonds is 6. The van der Waals surface area contributed by atoms with Crippen LogP contribution < -0.4 is 5.73 Å². The Morgan fingerprint density at radius 2 is 1.76 bits per heavy atom. The van der Waals surface area contributed by atoms with Crippen LogP contribution in [-0.4, -0.2) is 54.3 Å². The molecule has 6 heteroatoms. The van der Waals surface area contributed by atoms with Gasteiger partial charge in [-0.25, -0.2) is 0 Å². The van der Waals surface area contributed by atoms with Gasteiger partial charge in [0.2, 0.25) is 0 Å². The van der Waals surface area contributed by atoms with Gasteiger partial charge in [-0.1, -0.05) is 30.3 Å². The van der Waals surface area contributed by atoms with Gasteiger partial charge >= 0.3 is 0 Å². The molecular weight excluding hydrogens is 382 g/mol. The number of nitrogens with two attached hydrogens (primary N) is 1. The number of benzene rings is 1. The Hall–Kier alpha value is -2.18. The highest BCUT2D eigenvalue weighted by molar-refractivity contribution is 7.14. The second kappa shape index (κ2) is 8.28. The van der Waals surface area contributed by atoms with E-state index in [1.165, 1.54) is 16.9 Å². The molecule has 5 nitrogen and oxygen atoms in total. The molecule has 153 valence electrons. The summed E-state index contributed by atoms with van der Waals surface area (Å²) < 4.78 is 0. The van der Waals surface area contributed by atoms with Crippen molar-refractivity contribution in [1.29, 1.82) is 0 Å². The summed E-state index contributed by atoms with van der Waals surface area (Å²) in [6.45, 7) is 8.54. The highest BCUT2D eigenvalue weighted by Crippen LogP contribution is 2.34. The largest absolute Gasteiger partial charge is 0.365 e. The van der Waals surface area contributed by atoms with Gasteiger partial charge in [-0.15, -0.1) is 11.3 Å². The lowest BCUT2D eigenvalue weighted by atomic mass is 10.0. The number of carbonyl (C=O) groups is 2. The summed E-state index contributed by atoms with van der Waals surface area (Å²) in [5.74, 6) is 0.703. The second-order valence-corrected chi connectivity index (χ2v) is 9.47. The SMILES string of the molecule is Cc1sc(C(N)=O)c(C)c1C(=O)N1CC2CN(CC[CH]c3ccccc3)C[C@H]2C1. The van der Waals surface area contributed by atoms with E-state index < -0.39 is 5.91 Å². The van der Waals surface area contributed by atoms with E-state index in [1.807, 2.05) is 24.8 Å². The van der Waals surface area contributed by atoms with E-state index in [1.54, 1.807) is 0 Å². The summed E-state index contributed by atoms with van der Waals surface area (Å²) in [7, 11) is 0. The predicted octanol–water partition coefficient (Wildman–Crippen LogP) is 3.11. The lowest BCUT2D eigenvalue weighted by molar-refractivity contribution is 0.0773. The van der Waals surface area contributed by atoms with Crippen LogP contribution in [0.2, 0.25) is 0 Å². The minimum absolute atomic E-state index is 0.0575. The summed E-state index contributed by atoms with van der Waals surface area (Å²) in [6.07, 6.45) is 3.34. The number of carbonyl (C=O) groups excluding carboxylic acids is 2. The maximum atomic E-state index is 13.1. The third-order valence-electron chi connectivity index (χ3n) is 6.23. The van der Waals surface area contributed by atoms with Crippen molar-refractivity contribution in [2.24, 2.45) is 17.6 Å². The van der Waals surface area contributed by atoms with Crippen LogP contribution in [0.1, 0.15) is 42.5 Å². The molecule has 2 aromatic rings. The van der Waals surface area contributed by atoms with E-state index >= 15 is 0 Å². The normalized spacial score (nSPS) is 21.5. The number of hydrogen-bond acceptors (Lipinski definition) is 4. The monoisotopic (exact) mass is 410 g/mol. The van der Waals surface area contributed by atoms with Crippen molar-refractivity contribution in [3.63, 3.8) is 0 Å². The van der Waals surface area contributed by atoms with Crippen molar-refractivity contribution in [3.05, 3.63) is 63.2 Å². The number of nitrogens with zero attached hydrogens (tertiary/aromatic N) is 2. The molecule has 2 fully saturated rings. The number of amides is 2. The lowest BCUT2D eigenvalue weighted by Crippen LogP contribution is -2.34. The van der Waals surface area contributed by atoms with E-state index in [4.69, 9.17) is 5.73 Å². The molecule has 2 saturated heterocycles. The lowest BCUT2D eigenvalue weighted by Gasteiger charge is -2.22. The zero-order valence-corrected chi connectivity index (χ0v) is 17.9. The topological polar surface area (TPSA) is 66.6 Å². The maximum Gasteiger partial charge on any atom is 0.259 e. The molecule has 1 unspecified atom stereocenters. The van der Waals surface area contributed by atoms with Gasteiger partial charge in [0.25, 0.3) is 11.8 Å². The molecule has 0 spiro atoms.